The van der Waals surface area contributed by atoms with Gasteiger partial charge in [0.15, 0.2) is 0 Å². The van der Waals surface area contributed by atoms with Crippen molar-refractivity contribution in [3.05, 3.63) is 48.6 Å². The molecule has 0 unspecified atom stereocenters. The largest absolute Gasteiger partial charge is 0.434 e. The number of para-hydroxylation sites is 2. The van der Waals surface area contributed by atoms with E-state index in [4.69, 9.17) is 0 Å². The maximum atomic E-state index is 9.88. The second kappa shape index (κ2) is 2.65. The molecule has 3 nitrogen and oxygen atoms in total. The monoisotopic (exact) mass is 184 g/mol. The normalized spacial score (nSPS) is 17.4. The van der Waals surface area contributed by atoms with E-state index >= 15 is 0 Å². The molecule has 0 saturated carbocycles. The predicted molar refractivity (Wildman–Crippen MR) is 57.2 cm³/mol. The van der Waals surface area contributed by atoms with Crippen LogP contribution in [0.3, 0.4) is 0 Å². The van der Waals surface area contributed by atoms with Gasteiger partial charge in [0.2, 0.25) is 0 Å². The van der Waals surface area contributed by atoms with E-state index in [1.54, 1.807) is 0 Å². The van der Waals surface area contributed by atoms with Gasteiger partial charge in [-0.1, -0.05) is 24.2 Å². The Morgan fingerprint density at radius 1 is 1.07 bits per heavy atom. The number of hydrogen-bond acceptors (Lipinski definition) is 3. The van der Waals surface area contributed by atoms with E-state index in [1.807, 2.05) is 53.4 Å². The zero-order valence-corrected chi connectivity index (χ0v) is 7.54. The summed E-state index contributed by atoms with van der Waals surface area (Å²) in [6.07, 6.45) is 5.88. The Morgan fingerprint density at radius 3 is 2.71 bits per heavy atom. The van der Waals surface area contributed by atoms with E-state index in [0.717, 1.165) is 11.4 Å². The second-order valence-electron chi connectivity index (χ2n) is 3.38. The molecule has 1 N–H and O–H groups in total. The van der Waals surface area contributed by atoms with Crippen LogP contribution in [-0.4, -0.2) is 12.2 Å². The van der Waals surface area contributed by atoms with Crippen LogP contribution < -0.4 is 9.79 Å². The third-order valence-electron chi connectivity index (χ3n) is 2.58. The van der Waals surface area contributed by atoms with Gasteiger partial charge < -0.3 is 4.81 Å². The summed E-state index contributed by atoms with van der Waals surface area (Å²) in [5.74, 6) is 1.96. The van der Waals surface area contributed by atoms with E-state index in [1.165, 1.54) is 4.97 Å². The highest BCUT2D eigenvalue weighted by atomic mass is 16.5. The van der Waals surface area contributed by atoms with Crippen molar-refractivity contribution in [1.82, 2.24) is 0 Å². The molecule has 0 aromatic heterocycles. The molecule has 0 saturated heterocycles. The Morgan fingerprint density at radius 2 is 1.86 bits per heavy atom. The van der Waals surface area contributed by atoms with Crippen LogP contribution in [0.4, 0.5) is 11.4 Å². The number of anilines is 2. The summed E-state index contributed by atoms with van der Waals surface area (Å²) in [5, 5.41) is 9.88. The van der Waals surface area contributed by atoms with E-state index < -0.39 is 0 Å². The van der Waals surface area contributed by atoms with Gasteiger partial charge in [0.25, 0.3) is 0 Å². The molecule has 0 amide bonds. The maximum Gasteiger partial charge on any atom is 0.434 e. The van der Waals surface area contributed by atoms with Crippen molar-refractivity contribution in [1.29, 1.82) is 0 Å². The summed E-state index contributed by atoms with van der Waals surface area (Å²) in [6, 6.07) is 7.81. The quantitative estimate of drug-likeness (QED) is 0.623. The van der Waals surface area contributed by atoms with Crippen molar-refractivity contribution < 1.29 is 5.21 Å². The third kappa shape index (κ3) is 0.859. The average Bonchev–Trinajstić information content (AvgIpc) is 2.55. The number of rotatable bonds is 0. The van der Waals surface area contributed by atoms with Crippen molar-refractivity contribution in [3.8, 4) is 0 Å². The van der Waals surface area contributed by atoms with Crippen LogP contribution in [0.15, 0.2) is 48.6 Å². The van der Waals surface area contributed by atoms with Crippen molar-refractivity contribution >= 4 is 18.4 Å². The fraction of sp³-hybridized carbons (Fsp3) is 0. The first-order chi connectivity index (χ1) is 6.88. The van der Waals surface area contributed by atoms with Gasteiger partial charge in [0, 0.05) is 0 Å². The van der Waals surface area contributed by atoms with Crippen LogP contribution in [0.1, 0.15) is 0 Å². The molecule has 0 atom stereocenters. The van der Waals surface area contributed by atoms with Crippen LogP contribution in [0, 0.1) is 0 Å². The van der Waals surface area contributed by atoms with Crippen LogP contribution in [-0.2, 0) is 0 Å². The molecule has 0 aliphatic carbocycles. The van der Waals surface area contributed by atoms with Gasteiger partial charge in [-0.05, 0) is 24.4 Å². The predicted octanol–water partition coefficient (Wildman–Crippen LogP) is 1.81. The molecule has 68 valence electrons. The Kier molecular flexibility index (Phi) is 1.46. The van der Waals surface area contributed by atoms with Gasteiger partial charge in [-0.3, -0.25) is 10.2 Å². The lowest BCUT2D eigenvalue weighted by atomic mass is 9.73. The Bertz CT molecular complexity index is 430. The van der Waals surface area contributed by atoms with Gasteiger partial charge in [0.1, 0.15) is 0 Å². The molecule has 1 aromatic carbocycles. The van der Waals surface area contributed by atoms with Crippen molar-refractivity contribution in [2.75, 3.05) is 9.79 Å². The van der Waals surface area contributed by atoms with Crippen molar-refractivity contribution in [2.24, 2.45) is 0 Å². The van der Waals surface area contributed by atoms with E-state index in [0.29, 0.717) is 0 Å². The van der Waals surface area contributed by atoms with Gasteiger partial charge >= 0.3 is 6.98 Å². The summed E-state index contributed by atoms with van der Waals surface area (Å²) < 4.78 is 0. The molecule has 3 rings (SSSR count). The van der Waals surface area contributed by atoms with Crippen molar-refractivity contribution in [3.63, 3.8) is 0 Å². The Balaban J connectivity index is 2.17. The topological polar surface area (TPSA) is 26.7 Å². The van der Waals surface area contributed by atoms with Crippen molar-refractivity contribution in [2.45, 2.75) is 0 Å². The molecule has 1 aromatic rings. The Labute approximate surface area is 82.6 Å². The lowest BCUT2D eigenvalue weighted by molar-refractivity contribution is 0.322. The van der Waals surface area contributed by atoms with Crippen LogP contribution in [0.2, 0.25) is 0 Å². The first-order valence-corrected chi connectivity index (χ1v) is 4.58. The molecule has 2 aliphatic heterocycles. The molecule has 0 fully saturated rings. The molecule has 14 heavy (non-hydrogen) atoms. The van der Waals surface area contributed by atoms with Crippen LogP contribution in [0.5, 0.6) is 0 Å². The maximum absolute atomic E-state index is 9.88. The first kappa shape index (κ1) is 7.70. The second-order valence-corrected chi connectivity index (χ2v) is 3.38. The molecule has 0 spiro atoms. The number of hydrogen-bond donors (Lipinski definition) is 1. The number of nitrogens with zero attached hydrogens (tertiary/aromatic N) is 2. The zero-order chi connectivity index (χ0) is 9.54. The lowest BCUT2D eigenvalue weighted by Crippen LogP contribution is -2.43. The van der Waals surface area contributed by atoms with Gasteiger partial charge in [-0.15, -0.1) is 0 Å². The zero-order valence-electron chi connectivity index (χ0n) is 7.54. The molecule has 4 heteroatoms. The smallest absolute Gasteiger partial charge is 0.365 e. The van der Waals surface area contributed by atoms with Crippen LogP contribution >= 0.6 is 0 Å². The van der Waals surface area contributed by atoms with E-state index in [9.17, 15) is 5.21 Å². The minimum Gasteiger partial charge on any atom is -0.365 e. The molecular weight excluding hydrogens is 175 g/mol. The molecule has 0 radical (unpaired) electrons. The van der Waals surface area contributed by atoms with E-state index in [-0.39, 0.29) is 6.98 Å². The lowest BCUT2D eigenvalue weighted by Gasteiger charge is -2.21. The summed E-state index contributed by atoms with van der Waals surface area (Å²) >= 11 is 0. The third-order valence-corrected chi connectivity index (χ3v) is 2.58. The van der Waals surface area contributed by atoms with Gasteiger partial charge in [0.05, 0.1) is 11.4 Å². The highest BCUT2D eigenvalue weighted by Gasteiger charge is 2.37. The molecule has 2 heterocycles. The van der Waals surface area contributed by atoms with Crippen LogP contribution in [0.25, 0.3) is 0 Å². The fourth-order valence-electron chi connectivity index (χ4n) is 1.93. The molecule has 0 bridgehead atoms. The summed E-state index contributed by atoms with van der Waals surface area (Å²) in [6.45, 7) is -0.0857. The average molecular weight is 184 g/mol. The highest BCUT2D eigenvalue weighted by Crippen LogP contribution is 2.37. The number of benzene rings is 1. The summed E-state index contributed by atoms with van der Waals surface area (Å²) in [4.78, 5) is 3.32. The minimum atomic E-state index is -0.0857. The van der Waals surface area contributed by atoms with Gasteiger partial charge in [-0.25, -0.2) is 0 Å². The molecule has 2 aliphatic rings. The SMILES string of the molecule is ON1B2C=CC=CN2c2ccccc21. The first-order valence-electron chi connectivity index (χ1n) is 4.58. The number of allylic oxidation sites excluding steroid dienone is 2. The fourth-order valence-corrected chi connectivity index (χ4v) is 1.93. The summed E-state index contributed by atoms with van der Waals surface area (Å²) in [5.41, 5.74) is 1.90. The number of fused-ring (bicyclic) bond motifs is 3. The summed E-state index contributed by atoms with van der Waals surface area (Å²) in [7, 11) is 0. The van der Waals surface area contributed by atoms with Gasteiger partial charge in [-0.2, -0.15) is 0 Å². The standard InChI is InChI=1S/C10H9BN2O/c14-13-10-6-2-1-5-9(10)12-8-4-3-7-11(12)13/h1-8,14H. The molecular formula is C10H9BN2O. The highest BCUT2D eigenvalue weighted by molar-refractivity contribution is 6.74. The minimum absolute atomic E-state index is 0.0857. The Hall–Kier alpha value is -1.68. The van der Waals surface area contributed by atoms with E-state index in [2.05, 4.69) is 0 Å².